The van der Waals surface area contributed by atoms with Crippen molar-refractivity contribution in [2.24, 2.45) is 0 Å². The Kier molecular flexibility index (Phi) is 2.99. The Morgan fingerprint density at radius 1 is 1.29 bits per heavy atom. The number of nitrogens with zero attached hydrogens (tertiary/aromatic N) is 1. The highest BCUT2D eigenvalue weighted by Gasteiger charge is 2.28. The summed E-state index contributed by atoms with van der Waals surface area (Å²) in [5.74, 6) is 0.0451. The number of benzene rings is 1. The SMILES string of the molecule is O=[N+]([O-])c1ccc(OS(=O)(=O)NC2CC2)cc1. The fourth-order valence-corrected chi connectivity index (χ4v) is 2.24. The van der Waals surface area contributed by atoms with Crippen LogP contribution in [0.2, 0.25) is 0 Å². The van der Waals surface area contributed by atoms with Crippen LogP contribution >= 0.6 is 0 Å². The summed E-state index contributed by atoms with van der Waals surface area (Å²) < 4.78 is 29.9. The minimum atomic E-state index is -3.82. The minimum absolute atomic E-state index is 0.0435. The van der Waals surface area contributed by atoms with Gasteiger partial charge in [0.1, 0.15) is 5.75 Å². The predicted octanol–water partition coefficient (Wildman–Crippen LogP) is 0.970. The largest absolute Gasteiger partial charge is 0.382 e. The second-order valence-corrected chi connectivity index (χ2v) is 4.99. The normalized spacial score (nSPS) is 15.5. The lowest BCUT2D eigenvalue weighted by Gasteiger charge is -2.06. The van der Waals surface area contributed by atoms with Crippen LogP contribution in [0.4, 0.5) is 5.69 Å². The third kappa shape index (κ3) is 3.40. The molecule has 1 aliphatic rings. The Hall–Kier alpha value is -1.67. The first kappa shape index (κ1) is 11.8. The lowest BCUT2D eigenvalue weighted by molar-refractivity contribution is -0.384. The van der Waals surface area contributed by atoms with E-state index in [2.05, 4.69) is 4.72 Å². The molecule has 8 heteroatoms. The summed E-state index contributed by atoms with van der Waals surface area (Å²) in [6.07, 6.45) is 1.62. The average Bonchev–Trinajstić information content (AvgIpc) is 3.00. The van der Waals surface area contributed by atoms with Gasteiger partial charge in [0.05, 0.1) is 4.92 Å². The molecule has 1 fully saturated rings. The van der Waals surface area contributed by atoms with Gasteiger partial charge < -0.3 is 4.18 Å². The maximum atomic E-state index is 11.4. The van der Waals surface area contributed by atoms with E-state index in [1.807, 2.05) is 0 Å². The number of non-ortho nitro benzene ring substituents is 1. The topological polar surface area (TPSA) is 98.5 Å². The molecule has 0 atom stereocenters. The van der Waals surface area contributed by atoms with Gasteiger partial charge in [0, 0.05) is 18.2 Å². The molecule has 0 saturated heterocycles. The van der Waals surface area contributed by atoms with Gasteiger partial charge in [-0.1, -0.05) is 0 Å². The van der Waals surface area contributed by atoms with E-state index in [1.165, 1.54) is 24.3 Å². The van der Waals surface area contributed by atoms with Crippen LogP contribution in [0.5, 0.6) is 5.75 Å². The van der Waals surface area contributed by atoms with E-state index in [1.54, 1.807) is 0 Å². The van der Waals surface area contributed by atoms with E-state index < -0.39 is 15.2 Å². The second-order valence-electron chi connectivity index (χ2n) is 3.68. The molecule has 0 aromatic heterocycles. The molecule has 1 N–H and O–H groups in total. The highest BCUT2D eigenvalue weighted by Crippen LogP contribution is 2.22. The minimum Gasteiger partial charge on any atom is -0.371 e. The number of nitro groups is 1. The summed E-state index contributed by atoms with van der Waals surface area (Å²) in [4.78, 5) is 9.82. The molecule has 17 heavy (non-hydrogen) atoms. The van der Waals surface area contributed by atoms with Crippen LogP contribution in [-0.4, -0.2) is 19.4 Å². The first-order chi connectivity index (χ1) is 7.96. The fraction of sp³-hybridized carbons (Fsp3) is 0.333. The van der Waals surface area contributed by atoms with Crippen molar-refractivity contribution < 1.29 is 17.5 Å². The van der Waals surface area contributed by atoms with Gasteiger partial charge >= 0.3 is 10.3 Å². The van der Waals surface area contributed by atoms with Crippen molar-refractivity contribution in [1.29, 1.82) is 0 Å². The lowest BCUT2D eigenvalue weighted by atomic mass is 10.3. The number of hydrogen-bond acceptors (Lipinski definition) is 5. The van der Waals surface area contributed by atoms with E-state index in [0.717, 1.165) is 12.8 Å². The average molecular weight is 258 g/mol. The first-order valence-corrected chi connectivity index (χ1v) is 6.33. The molecule has 0 radical (unpaired) electrons. The van der Waals surface area contributed by atoms with Crippen LogP contribution in [0.15, 0.2) is 24.3 Å². The molecule has 2 rings (SSSR count). The van der Waals surface area contributed by atoms with Crippen molar-refractivity contribution in [3.05, 3.63) is 34.4 Å². The zero-order valence-electron chi connectivity index (χ0n) is 8.70. The summed E-state index contributed by atoms with van der Waals surface area (Å²) >= 11 is 0. The van der Waals surface area contributed by atoms with E-state index in [-0.39, 0.29) is 17.5 Å². The molecule has 0 spiro atoms. The molecule has 1 aliphatic carbocycles. The summed E-state index contributed by atoms with van der Waals surface area (Å²) in [5.41, 5.74) is -0.120. The standard InChI is InChI=1S/C9H10N2O5S/c12-11(13)8-3-5-9(6-4-8)16-17(14,15)10-7-1-2-7/h3-7,10H,1-2H2. The van der Waals surface area contributed by atoms with Crippen molar-refractivity contribution in [1.82, 2.24) is 4.72 Å². The quantitative estimate of drug-likeness (QED) is 0.626. The zero-order valence-corrected chi connectivity index (χ0v) is 9.51. The van der Waals surface area contributed by atoms with Crippen LogP contribution < -0.4 is 8.91 Å². The third-order valence-corrected chi connectivity index (χ3v) is 3.18. The van der Waals surface area contributed by atoms with Gasteiger partial charge in [-0.25, -0.2) is 0 Å². The second kappa shape index (κ2) is 4.30. The van der Waals surface area contributed by atoms with Crippen molar-refractivity contribution in [3.8, 4) is 5.75 Å². The smallest absolute Gasteiger partial charge is 0.371 e. The monoisotopic (exact) mass is 258 g/mol. The highest BCUT2D eigenvalue weighted by atomic mass is 32.2. The van der Waals surface area contributed by atoms with Crippen LogP contribution in [-0.2, 0) is 10.3 Å². The molecule has 0 unspecified atom stereocenters. The number of nitrogens with one attached hydrogen (secondary N) is 1. The zero-order chi connectivity index (χ0) is 12.5. The van der Waals surface area contributed by atoms with Gasteiger partial charge in [-0.15, -0.1) is 0 Å². The number of rotatable bonds is 5. The lowest BCUT2D eigenvalue weighted by Crippen LogP contribution is -2.30. The molecule has 0 aliphatic heterocycles. The van der Waals surface area contributed by atoms with Gasteiger partial charge in [0.25, 0.3) is 5.69 Å². The van der Waals surface area contributed by atoms with Crippen LogP contribution in [0.25, 0.3) is 0 Å². The predicted molar refractivity (Wildman–Crippen MR) is 58.8 cm³/mol. The van der Waals surface area contributed by atoms with Crippen molar-refractivity contribution in [3.63, 3.8) is 0 Å². The van der Waals surface area contributed by atoms with Gasteiger partial charge in [0.2, 0.25) is 0 Å². The Bertz CT molecular complexity index is 521. The Morgan fingerprint density at radius 2 is 1.88 bits per heavy atom. The molecule has 7 nitrogen and oxygen atoms in total. The van der Waals surface area contributed by atoms with Crippen molar-refractivity contribution >= 4 is 16.0 Å². The number of hydrogen-bond donors (Lipinski definition) is 1. The van der Waals surface area contributed by atoms with Crippen molar-refractivity contribution in [2.45, 2.75) is 18.9 Å². The summed E-state index contributed by atoms with van der Waals surface area (Å²) in [7, 11) is -3.82. The van der Waals surface area contributed by atoms with Gasteiger partial charge in [-0.2, -0.15) is 13.1 Å². The van der Waals surface area contributed by atoms with Crippen LogP contribution in [0.1, 0.15) is 12.8 Å². The first-order valence-electron chi connectivity index (χ1n) is 4.92. The van der Waals surface area contributed by atoms with E-state index in [0.29, 0.717) is 0 Å². The van der Waals surface area contributed by atoms with Crippen LogP contribution in [0, 0.1) is 10.1 Å². The maximum Gasteiger partial charge on any atom is 0.382 e. The molecule has 0 amide bonds. The number of nitro benzene ring substituents is 1. The third-order valence-electron chi connectivity index (χ3n) is 2.14. The Morgan fingerprint density at radius 3 is 2.35 bits per heavy atom. The molecular formula is C9H10N2O5S. The molecule has 1 saturated carbocycles. The maximum absolute atomic E-state index is 11.4. The Balaban J connectivity index is 2.05. The van der Waals surface area contributed by atoms with Crippen molar-refractivity contribution in [2.75, 3.05) is 0 Å². The molecule has 0 bridgehead atoms. The molecule has 92 valence electrons. The summed E-state index contributed by atoms with van der Waals surface area (Å²) in [6, 6.07) is 4.80. The van der Waals surface area contributed by atoms with E-state index >= 15 is 0 Å². The van der Waals surface area contributed by atoms with Crippen LogP contribution in [0.3, 0.4) is 0 Å². The van der Waals surface area contributed by atoms with E-state index in [4.69, 9.17) is 4.18 Å². The van der Waals surface area contributed by atoms with Gasteiger partial charge in [0.15, 0.2) is 0 Å². The Labute approximate surface area is 97.8 Å². The molecule has 1 aromatic rings. The molecular weight excluding hydrogens is 248 g/mol. The van der Waals surface area contributed by atoms with E-state index in [9.17, 15) is 18.5 Å². The summed E-state index contributed by atoms with van der Waals surface area (Å²) in [5, 5.41) is 10.4. The molecule has 0 heterocycles. The highest BCUT2D eigenvalue weighted by molar-refractivity contribution is 7.85. The van der Waals surface area contributed by atoms with Gasteiger partial charge in [-0.3, -0.25) is 10.1 Å². The molecule has 1 aromatic carbocycles. The summed E-state index contributed by atoms with van der Waals surface area (Å²) in [6.45, 7) is 0. The fourth-order valence-electron chi connectivity index (χ4n) is 1.18. The van der Waals surface area contributed by atoms with Gasteiger partial charge in [-0.05, 0) is 25.0 Å².